The summed E-state index contributed by atoms with van der Waals surface area (Å²) in [5.41, 5.74) is 2.72. The second-order valence-electron chi connectivity index (χ2n) is 10.4. The van der Waals surface area contributed by atoms with Gasteiger partial charge in [-0.25, -0.2) is 8.42 Å². The van der Waals surface area contributed by atoms with Gasteiger partial charge in [-0.05, 0) is 44.4 Å². The van der Waals surface area contributed by atoms with Gasteiger partial charge in [0.05, 0.1) is 16.9 Å². The first kappa shape index (κ1) is 31.3. The number of hydrogen-bond donors (Lipinski definition) is 1. The summed E-state index contributed by atoms with van der Waals surface area (Å²) in [6, 6.07) is 19.5. The highest BCUT2D eigenvalue weighted by atomic mass is 32.2. The number of sulfonamides is 1. The molecule has 0 heterocycles. The van der Waals surface area contributed by atoms with E-state index in [0.29, 0.717) is 5.56 Å². The Morgan fingerprint density at radius 2 is 1.61 bits per heavy atom. The fraction of sp³-hybridized carbons (Fsp3) is 0.333. The minimum atomic E-state index is -4.05. The fourth-order valence-corrected chi connectivity index (χ4v) is 5.42. The number of anilines is 1. The lowest BCUT2D eigenvalue weighted by atomic mass is 10.0. The van der Waals surface area contributed by atoms with Crippen LogP contribution in [0, 0.1) is 24.0 Å². The number of nitro benzene ring substituents is 1. The SMILES string of the molecule is Cc1cccc(CN(C(=O)CN(c2cc([N+](=O)[O-])ccc2C)S(C)(=O)=O)C(Cc2ccccc2)C(=O)NC(C)C)c1. The van der Waals surface area contributed by atoms with E-state index in [2.05, 4.69) is 5.32 Å². The maximum atomic E-state index is 14.1. The fourth-order valence-electron chi connectivity index (χ4n) is 4.52. The summed E-state index contributed by atoms with van der Waals surface area (Å²) in [4.78, 5) is 39.9. The number of carbonyl (C=O) groups excluding carboxylic acids is 2. The zero-order chi connectivity index (χ0) is 30.3. The minimum absolute atomic E-state index is 0.0248. The molecule has 0 spiro atoms. The molecule has 218 valence electrons. The Morgan fingerprint density at radius 1 is 0.951 bits per heavy atom. The monoisotopic (exact) mass is 580 g/mol. The van der Waals surface area contributed by atoms with E-state index in [-0.39, 0.29) is 36.3 Å². The topological polar surface area (TPSA) is 130 Å². The van der Waals surface area contributed by atoms with Gasteiger partial charge in [-0.2, -0.15) is 0 Å². The van der Waals surface area contributed by atoms with Crippen LogP contribution in [-0.4, -0.2) is 54.9 Å². The number of non-ortho nitro benzene ring substituents is 1. The molecule has 1 atom stereocenters. The zero-order valence-electron chi connectivity index (χ0n) is 23.9. The summed E-state index contributed by atoms with van der Waals surface area (Å²) < 4.78 is 26.8. The van der Waals surface area contributed by atoms with Crippen LogP contribution >= 0.6 is 0 Å². The maximum absolute atomic E-state index is 14.1. The van der Waals surface area contributed by atoms with Crippen molar-refractivity contribution in [1.82, 2.24) is 10.2 Å². The van der Waals surface area contributed by atoms with Crippen LogP contribution in [0.2, 0.25) is 0 Å². The largest absolute Gasteiger partial charge is 0.352 e. The van der Waals surface area contributed by atoms with Crippen molar-refractivity contribution in [3.8, 4) is 0 Å². The maximum Gasteiger partial charge on any atom is 0.271 e. The van der Waals surface area contributed by atoms with Crippen molar-refractivity contribution in [3.63, 3.8) is 0 Å². The van der Waals surface area contributed by atoms with Gasteiger partial charge >= 0.3 is 0 Å². The molecule has 3 aromatic rings. The lowest BCUT2D eigenvalue weighted by molar-refractivity contribution is -0.384. The minimum Gasteiger partial charge on any atom is -0.352 e. The van der Waals surface area contributed by atoms with Crippen molar-refractivity contribution < 1.29 is 22.9 Å². The summed E-state index contributed by atoms with van der Waals surface area (Å²) in [6.45, 7) is 6.57. The van der Waals surface area contributed by atoms with E-state index in [9.17, 15) is 28.1 Å². The van der Waals surface area contributed by atoms with Crippen LogP contribution in [0.5, 0.6) is 0 Å². The number of aryl methyl sites for hydroxylation is 2. The first-order chi connectivity index (χ1) is 19.3. The van der Waals surface area contributed by atoms with Crippen LogP contribution in [0.15, 0.2) is 72.8 Å². The molecule has 0 saturated carbocycles. The molecule has 0 fully saturated rings. The molecule has 2 amide bonds. The molecule has 11 heteroatoms. The molecule has 1 N–H and O–H groups in total. The zero-order valence-corrected chi connectivity index (χ0v) is 24.7. The molecule has 0 aliphatic heterocycles. The molecule has 41 heavy (non-hydrogen) atoms. The van der Waals surface area contributed by atoms with E-state index in [1.165, 1.54) is 17.0 Å². The van der Waals surface area contributed by atoms with E-state index in [4.69, 9.17) is 0 Å². The summed E-state index contributed by atoms with van der Waals surface area (Å²) in [5.74, 6) is -0.995. The molecule has 3 rings (SSSR count). The molecule has 0 bridgehead atoms. The average Bonchev–Trinajstić information content (AvgIpc) is 2.89. The van der Waals surface area contributed by atoms with Gasteiger partial charge in [0, 0.05) is 31.1 Å². The normalized spacial score (nSPS) is 12.0. The van der Waals surface area contributed by atoms with Crippen LogP contribution in [-0.2, 0) is 32.6 Å². The Balaban J connectivity index is 2.11. The van der Waals surface area contributed by atoms with Crippen molar-refractivity contribution in [2.24, 2.45) is 0 Å². The highest BCUT2D eigenvalue weighted by molar-refractivity contribution is 7.92. The highest BCUT2D eigenvalue weighted by Crippen LogP contribution is 2.28. The van der Waals surface area contributed by atoms with Crippen LogP contribution in [0.3, 0.4) is 0 Å². The summed E-state index contributed by atoms with van der Waals surface area (Å²) in [6.07, 6.45) is 1.14. The van der Waals surface area contributed by atoms with Gasteiger partial charge < -0.3 is 10.2 Å². The number of benzene rings is 3. The number of hydrogen-bond acceptors (Lipinski definition) is 6. The van der Waals surface area contributed by atoms with Crippen molar-refractivity contribution in [3.05, 3.63) is 105 Å². The number of carbonyl (C=O) groups is 2. The summed E-state index contributed by atoms with van der Waals surface area (Å²) >= 11 is 0. The van der Waals surface area contributed by atoms with Crippen LogP contribution in [0.4, 0.5) is 11.4 Å². The second kappa shape index (κ2) is 13.4. The van der Waals surface area contributed by atoms with E-state index in [1.54, 1.807) is 6.92 Å². The highest BCUT2D eigenvalue weighted by Gasteiger charge is 2.34. The van der Waals surface area contributed by atoms with Gasteiger partial charge in [-0.15, -0.1) is 0 Å². The van der Waals surface area contributed by atoms with Crippen LogP contribution in [0.1, 0.15) is 36.1 Å². The Kier molecular flexibility index (Phi) is 10.2. The van der Waals surface area contributed by atoms with Crippen molar-refractivity contribution >= 4 is 33.2 Å². The lowest BCUT2D eigenvalue weighted by Gasteiger charge is -2.34. The Bertz CT molecular complexity index is 1510. The molecule has 0 saturated heterocycles. The molecule has 0 aliphatic rings. The third kappa shape index (κ3) is 8.62. The molecule has 10 nitrogen and oxygen atoms in total. The quantitative estimate of drug-likeness (QED) is 0.253. The summed E-state index contributed by atoms with van der Waals surface area (Å²) in [7, 11) is -4.05. The Labute approximate surface area is 241 Å². The molecule has 3 aromatic carbocycles. The first-order valence-electron chi connectivity index (χ1n) is 13.2. The predicted molar refractivity (Wildman–Crippen MR) is 159 cm³/mol. The molecule has 1 unspecified atom stereocenters. The van der Waals surface area contributed by atoms with E-state index in [0.717, 1.165) is 33.3 Å². The van der Waals surface area contributed by atoms with E-state index >= 15 is 0 Å². The van der Waals surface area contributed by atoms with Gasteiger partial charge in [0.2, 0.25) is 21.8 Å². The van der Waals surface area contributed by atoms with Gasteiger partial charge in [-0.1, -0.05) is 66.2 Å². The first-order valence-corrected chi connectivity index (χ1v) is 15.0. The third-order valence-electron chi connectivity index (χ3n) is 6.49. The number of nitrogens with one attached hydrogen (secondary N) is 1. The smallest absolute Gasteiger partial charge is 0.271 e. The average molecular weight is 581 g/mol. The van der Waals surface area contributed by atoms with E-state index < -0.39 is 33.4 Å². The number of nitrogens with zero attached hydrogens (tertiary/aromatic N) is 3. The molecule has 0 radical (unpaired) electrons. The molecule has 0 aromatic heterocycles. The number of amides is 2. The van der Waals surface area contributed by atoms with Crippen LogP contribution in [0.25, 0.3) is 0 Å². The second-order valence-corrected chi connectivity index (χ2v) is 12.3. The van der Waals surface area contributed by atoms with Crippen molar-refractivity contribution in [2.45, 2.75) is 52.7 Å². The third-order valence-corrected chi connectivity index (χ3v) is 7.62. The lowest BCUT2D eigenvalue weighted by Crippen LogP contribution is -2.54. The summed E-state index contributed by atoms with van der Waals surface area (Å²) in [5, 5.41) is 14.3. The molecule has 0 aliphatic carbocycles. The number of rotatable bonds is 12. The number of nitro groups is 1. The Morgan fingerprint density at radius 3 is 2.20 bits per heavy atom. The standard InChI is InChI=1S/C30H36N4O6S/c1-21(2)31-30(36)28(17-24-11-7-6-8-12-24)32(19-25-13-9-10-22(3)16-25)29(35)20-33(41(5,39)40)27-18-26(34(37)38)15-14-23(27)4/h6-16,18,21,28H,17,19-20H2,1-5H3,(H,31,36). The van der Waals surface area contributed by atoms with Crippen LogP contribution < -0.4 is 9.62 Å². The molecular weight excluding hydrogens is 544 g/mol. The van der Waals surface area contributed by atoms with Gasteiger partial charge in [0.15, 0.2) is 0 Å². The van der Waals surface area contributed by atoms with Gasteiger partial charge in [0.25, 0.3) is 5.69 Å². The van der Waals surface area contributed by atoms with Crippen molar-refractivity contribution in [1.29, 1.82) is 0 Å². The van der Waals surface area contributed by atoms with E-state index in [1.807, 2.05) is 75.4 Å². The van der Waals surface area contributed by atoms with Crippen molar-refractivity contribution in [2.75, 3.05) is 17.1 Å². The molecular formula is C30H36N4O6S. The predicted octanol–water partition coefficient (Wildman–Crippen LogP) is 4.14. The van der Waals surface area contributed by atoms with Gasteiger partial charge in [-0.3, -0.25) is 24.0 Å². The van der Waals surface area contributed by atoms with Gasteiger partial charge in [0.1, 0.15) is 12.6 Å². The Hall–Kier alpha value is -4.25.